The van der Waals surface area contributed by atoms with Crippen LogP contribution in [0.4, 0.5) is 10.1 Å². The van der Waals surface area contributed by atoms with E-state index in [4.69, 9.17) is 4.74 Å². The van der Waals surface area contributed by atoms with Crippen LogP contribution >= 0.6 is 0 Å². The molecule has 4 nitrogen and oxygen atoms in total. The van der Waals surface area contributed by atoms with Gasteiger partial charge in [0.05, 0.1) is 18.0 Å². The molecule has 18 heavy (non-hydrogen) atoms. The second-order valence-corrected chi connectivity index (χ2v) is 4.54. The van der Waals surface area contributed by atoms with E-state index in [1.165, 1.54) is 18.3 Å². The molecule has 1 aromatic rings. The van der Waals surface area contributed by atoms with Gasteiger partial charge in [-0.05, 0) is 37.8 Å². The molecule has 0 spiro atoms. The van der Waals surface area contributed by atoms with Crippen LogP contribution in [0.1, 0.15) is 26.2 Å². The van der Waals surface area contributed by atoms with Crippen molar-refractivity contribution in [2.45, 2.75) is 32.3 Å². The van der Waals surface area contributed by atoms with Crippen LogP contribution in [0.3, 0.4) is 0 Å². The average molecular weight is 252 g/mol. The van der Waals surface area contributed by atoms with Gasteiger partial charge in [0.25, 0.3) is 0 Å². The molecule has 0 saturated heterocycles. The number of rotatable bonds is 5. The monoisotopic (exact) mass is 252 g/mol. The zero-order valence-electron chi connectivity index (χ0n) is 10.4. The lowest BCUT2D eigenvalue weighted by atomic mass is 9.80. The van der Waals surface area contributed by atoms with Crippen LogP contribution in [-0.2, 0) is 9.53 Å². The number of carbonyl (C=O) groups is 1. The Balaban J connectivity index is 1.72. The van der Waals surface area contributed by atoms with E-state index in [1.54, 1.807) is 0 Å². The molecule has 0 aliphatic heterocycles. The summed E-state index contributed by atoms with van der Waals surface area (Å²) in [5, 5.41) is 2.71. The highest BCUT2D eigenvalue weighted by Crippen LogP contribution is 2.32. The van der Waals surface area contributed by atoms with E-state index in [9.17, 15) is 9.18 Å². The normalized spacial score (nSPS) is 22.3. The predicted molar refractivity (Wildman–Crippen MR) is 65.6 cm³/mol. The summed E-state index contributed by atoms with van der Waals surface area (Å²) in [6, 6.07) is 2.73. The van der Waals surface area contributed by atoms with Crippen molar-refractivity contribution in [2.75, 3.05) is 11.9 Å². The maximum absolute atomic E-state index is 12.6. The standard InChI is InChI=1S/C13H17FN2O2/c1-2-18-11-5-9(6-11)7-13(17)16-10-3-4-12(14)15-8-10/h3-4,8-9,11H,2,5-7H2,1H3,(H,16,17). The molecular weight excluding hydrogens is 235 g/mol. The lowest BCUT2D eigenvalue weighted by Crippen LogP contribution is -2.33. The van der Waals surface area contributed by atoms with Gasteiger partial charge in [-0.2, -0.15) is 4.39 Å². The summed E-state index contributed by atoms with van der Waals surface area (Å²) in [6.45, 7) is 2.70. The molecule has 1 amide bonds. The molecule has 0 radical (unpaired) electrons. The Morgan fingerprint density at radius 3 is 2.94 bits per heavy atom. The van der Waals surface area contributed by atoms with Gasteiger partial charge < -0.3 is 10.1 Å². The van der Waals surface area contributed by atoms with Gasteiger partial charge >= 0.3 is 0 Å². The van der Waals surface area contributed by atoms with Crippen LogP contribution < -0.4 is 5.32 Å². The van der Waals surface area contributed by atoms with Gasteiger partial charge in [0, 0.05) is 13.0 Å². The zero-order valence-corrected chi connectivity index (χ0v) is 10.4. The van der Waals surface area contributed by atoms with Crippen LogP contribution in [0, 0.1) is 11.9 Å². The molecule has 0 atom stereocenters. The van der Waals surface area contributed by atoms with E-state index < -0.39 is 5.95 Å². The lowest BCUT2D eigenvalue weighted by Gasteiger charge is -2.34. The first kappa shape index (κ1) is 13.0. The van der Waals surface area contributed by atoms with Crippen molar-refractivity contribution in [2.24, 2.45) is 5.92 Å². The van der Waals surface area contributed by atoms with E-state index in [1.807, 2.05) is 6.92 Å². The molecule has 2 rings (SSSR count). The Morgan fingerprint density at radius 1 is 1.56 bits per heavy atom. The van der Waals surface area contributed by atoms with E-state index >= 15 is 0 Å². The summed E-state index contributed by atoms with van der Waals surface area (Å²) in [7, 11) is 0. The fourth-order valence-corrected chi connectivity index (χ4v) is 2.14. The van der Waals surface area contributed by atoms with Crippen molar-refractivity contribution < 1.29 is 13.9 Å². The number of pyridine rings is 1. The van der Waals surface area contributed by atoms with Crippen molar-refractivity contribution in [3.8, 4) is 0 Å². The highest BCUT2D eigenvalue weighted by molar-refractivity contribution is 5.90. The minimum atomic E-state index is -0.549. The molecule has 1 N–H and O–H groups in total. The third-order valence-corrected chi connectivity index (χ3v) is 3.08. The van der Waals surface area contributed by atoms with Crippen LogP contribution in [0.5, 0.6) is 0 Å². The first-order chi connectivity index (χ1) is 8.67. The van der Waals surface area contributed by atoms with Gasteiger partial charge in [0.15, 0.2) is 0 Å². The molecule has 0 bridgehead atoms. The fraction of sp³-hybridized carbons (Fsp3) is 0.538. The average Bonchev–Trinajstić information content (AvgIpc) is 2.29. The van der Waals surface area contributed by atoms with Gasteiger partial charge in [-0.15, -0.1) is 0 Å². The molecule has 1 saturated carbocycles. The number of hydrogen-bond donors (Lipinski definition) is 1. The lowest BCUT2D eigenvalue weighted by molar-refractivity contribution is -0.119. The number of nitrogens with zero attached hydrogens (tertiary/aromatic N) is 1. The number of halogens is 1. The Kier molecular flexibility index (Phi) is 4.25. The largest absolute Gasteiger partial charge is 0.378 e. The summed E-state index contributed by atoms with van der Waals surface area (Å²) in [6.07, 6.45) is 4.02. The third kappa shape index (κ3) is 3.50. The van der Waals surface area contributed by atoms with Gasteiger partial charge in [-0.1, -0.05) is 0 Å². The van der Waals surface area contributed by atoms with E-state index in [0.29, 0.717) is 24.1 Å². The number of amides is 1. The van der Waals surface area contributed by atoms with E-state index in [2.05, 4.69) is 10.3 Å². The van der Waals surface area contributed by atoms with E-state index in [0.717, 1.165) is 19.4 Å². The molecule has 1 aliphatic rings. The minimum absolute atomic E-state index is 0.0524. The predicted octanol–water partition coefficient (Wildman–Crippen LogP) is 2.36. The minimum Gasteiger partial charge on any atom is -0.378 e. The van der Waals surface area contributed by atoms with Crippen LogP contribution in [-0.4, -0.2) is 23.6 Å². The molecule has 1 aromatic heterocycles. The SMILES string of the molecule is CCOC1CC(CC(=O)Nc2ccc(F)nc2)C1. The van der Waals surface area contributed by atoms with Crippen molar-refractivity contribution >= 4 is 11.6 Å². The van der Waals surface area contributed by atoms with Crippen molar-refractivity contribution in [1.29, 1.82) is 0 Å². The summed E-state index contributed by atoms with van der Waals surface area (Å²) >= 11 is 0. The topological polar surface area (TPSA) is 51.2 Å². The number of anilines is 1. The molecule has 0 aromatic carbocycles. The summed E-state index contributed by atoms with van der Waals surface area (Å²) in [5.74, 6) is -0.204. The molecule has 5 heteroatoms. The van der Waals surface area contributed by atoms with Crippen LogP contribution in [0.2, 0.25) is 0 Å². The van der Waals surface area contributed by atoms with Crippen LogP contribution in [0.25, 0.3) is 0 Å². The summed E-state index contributed by atoms with van der Waals surface area (Å²) in [5.41, 5.74) is 0.530. The maximum atomic E-state index is 12.6. The molecule has 1 fully saturated rings. The highest BCUT2D eigenvalue weighted by atomic mass is 19.1. The number of ether oxygens (including phenoxy) is 1. The third-order valence-electron chi connectivity index (χ3n) is 3.08. The van der Waals surface area contributed by atoms with Gasteiger partial charge in [-0.25, -0.2) is 4.98 Å². The molecule has 1 aliphatic carbocycles. The van der Waals surface area contributed by atoms with Gasteiger partial charge in [-0.3, -0.25) is 4.79 Å². The van der Waals surface area contributed by atoms with Gasteiger partial charge in [0.2, 0.25) is 11.9 Å². The maximum Gasteiger partial charge on any atom is 0.224 e. The number of carbonyl (C=O) groups excluding carboxylic acids is 1. The molecule has 1 heterocycles. The zero-order chi connectivity index (χ0) is 13.0. The summed E-state index contributed by atoms with van der Waals surface area (Å²) < 4.78 is 18.0. The highest BCUT2D eigenvalue weighted by Gasteiger charge is 2.30. The Bertz CT molecular complexity index is 402. The quantitative estimate of drug-likeness (QED) is 0.818. The van der Waals surface area contributed by atoms with Crippen molar-refractivity contribution in [3.05, 3.63) is 24.3 Å². The Morgan fingerprint density at radius 2 is 2.33 bits per heavy atom. The molecule has 0 unspecified atom stereocenters. The second kappa shape index (κ2) is 5.91. The smallest absolute Gasteiger partial charge is 0.224 e. The first-order valence-corrected chi connectivity index (χ1v) is 6.20. The van der Waals surface area contributed by atoms with Crippen LogP contribution in [0.15, 0.2) is 18.3 Å². The second-order valence-electron chi connectivity index (χ2n) is 4.54. The van der Waals surface area contributed by atoms with Gasteiger partial charge in [0.1, 0.15) is 0 Å². The number of aromatic nitrogens is 1. The first-order valence-electron chi connectivity index (χ1n) is 6.20. The number of nitrogens with one attached hydrogen (secondary N) is 1. The number of hydrogen-bond acceptors (Lipinski definition) is 3. The Hall–Kier alpha value is -1.49. The molecule has 98 valence electrons. The Labute approximate surface area is 106 Å². The van der Waals surface area contributed by atoms with Crippen molar-refractivity contribution in [1.82, 2.24) is 4.98 Å². The fourth-order valence-electron chi connectivity index (χ4n) is 2.14. The molecular formula is C13H17FN2O2. The van der Waals surface area contributed by atoms with E-state index in [-0.39, 0.29) is 5.91 Å². The van der Waals surface area contributed by atoms with Crippen molar-refractivity contribution in [3.63, 3.8) is 0 Å². The summed E-state index contributed by atoms with van der Waals surface area (Å²) in [4.78, 5) is 15.2.